The van der Waals surface area contributed by atoms with Gasteiger partial charge in [0.05, 0.1) is 13.3 Å². The Bertz CT molecular complexity index is 1070. The zero-order valence-electron chi connectivity index (χ0n) is 17.5. The first-order valence-electron chi connectivity index (χ1n) is 9.75. The van der Waals surface area contributed by atoms with Crippen molar-refractivity contribution in [3.8, 4) is 17.2 Å². The second-order valence-electron chi connectivity index (χ2n) is 6.77. The average molecular weight is 473 g/mol. The van der Waals surface area contributed by atoms with E-state index in [1.54, 1.807) is 50.4 Å². The highest BCUT2D eigenvalue weighted by Gasteiger charge is 2.14. The van der Waals surface area contributed by atoms with Gasteiger partial charge in [0.1, 0.15) is 12.4 Å². The Kier molecular flexibility index (Phi) is 8.36. The number of hydrogen-bond donors (Lipinski definition) is 1. The second kappa shape index (κ2) is 11.4. The number of amides is 1. The van der Waals surface area contributed by atoms with E-state index in [0.29, 0.717) is 33.9 Å². The summed E-state index contributed by atoms with van der Waals surface area (Å²) in [5.74, 6) is 1.30. The highest BCUT2D eigenvalue weighted by molar-refractivity contribution is 6.30. The third kappa shape index (κ3) is 6.90. The normalized spacial score (nSPS) is 11.8. The predicted molar refractivity (Wildman–Crippen MR) is 126 cm³/mol. The van der Waals surface area contributed by atoms with Crippen molar-refractivity contribution in [1.82, 2.24) is 5.43 Å². The molecule has 1 atom stereocenters. The van der Waals surface area contributed by atoms with Gasteiger partial charge in [-0.25, -0.2) is 5.43 Å². The van der Waals surface area contributed by atoms with E-state index in [1.165, 1.54) is 6.21 Å². The van der Waals surface area contributed by atoms with Crippen molar-refractivity contribution in [2.24, 2.45) is 5.10 Å². The Balaban J connectivity index is 1.54. The quantitative estimate of drug-likeness (QED) is 0.329. The van der Waals surface area contributed by atoms with E-state index in [1.807, 2.05) is 30.3 Å². The van der Waals surface area contributed by atoms with E-state index in [0.717, 1.165) is 11.1 Å². The molecule has 0 heterocycles. The highest BCUT2D eigenvalue weighted by atomic mass is 35.5. The van der Waals surface area contributed by atoms with Gasteiger partial charge in [-0.05, 0) is 72.6 Å². The van der Waals surface area contributed by atoms with Gasteiger partial charge in [0.25, 0.3) is 5.91 Å². The van der Waals surface area contributed by atoms with Gasteiger partial charge in [0, 0.05) is 10.0 Å². The molecule has 1 unspecified atom stereocenters. The zero-order chi connectivity index (χ0) is 22.9. The van der Waals surface area contributed by atoms with E-state index in [-0.39, 0.29) is 5.91 Å². The summed E-state index contributed by atoms with van der Waals surface area (Å²) in [4.78, 5) is 12.2. The molecule has 3 aromatic rings. The number of nitrogens with zero attached hydrogens (tertiary/aromatic N) is 1. The number of halogens is 2. The summed E-state index contributed by atoms with van der Waals surface area (Å²) in [6, 6.07) is 19.5. The van der Waals surface area contributed by atoms with Crippen LogP contribution in [0.5, 0.6) is 17.2 Å². The molecule has 8 heteroatoms. The Labute approximate surface area is 196 Å². The fourth-order valence-corrected chi connectivity index (χ4v) is 2.91. The molecule has 166 valence electrons. The molecule has 0 fully saturated rings. The largest absolute Gasteiger partial charge is 0.493 e. The number of carbonyl (C=O) groups excluding carboxylic acids is 1. The van der Waals surface area contributed by atoms with Crippen LogP contribution in [-0.2, 0) is 11.4 Å². The minimum absolute atomic E-state index is 0.378. The zero-order valence-corrected chi connectivity index (χ0v) is 19.1. The number of methoxy groups -OCH3 is 1. The number of rotatable bonds is 9. The van der Waals surface area contributed by atoms with Crippen LogP contribution < -0.4 is 19.6 Å². The van der Waals surface area contributed by atoms with Crippen molar-refractivity contribution in [2.45, 2.75) is 19.6 Å². The molecule has 32 heavy (non-hydrogen) atoms. The first kappa shape index (κ1) is 23.4. The minimum atomic E-state index is -0.730. The molecule has 0 aromatic heterocycles. The first-order valence-corrected chi connectivity index (χ1v) is 10.5. The summed E-state index contributed by atoms with van der Waals surface area (Å²) >= 11 is 11.7. The average Bonchev–Trinajstić information content (AvgIpc) is 2.80. The molecule has 0 spiro atoms. The van der Waals surface area contributed by atoms with Crippen molar-refractivity contribution < 1.29 is 19.0 Å². The van der Waals surface area contributed by atoms with Crippen LogP contribution in [0.2, 0.25) is 10.0 Å². The molecule has 0 saturated heterocycles. The predicted octanol–water partition coefficient (Wildman–Crippen LogP) is 5.50. The second-order valence-corrected chi connectivity index (χ2v) is 7.65. The van der Waals surface area contributed by atoms with Crippen LogP contribution in [0, 0.1) is 0 Å². The molecular weight excluding hydrogens is 451 g/mol. The lowest BCUT2D eigenvalue weighted by molar-refractivity contribution is -0.127. The highest BCUT2D eigenvalue weighted by Crippen LogP contribution is 2.28. The fraction of sp³-hybridized carbons (Fsp3) is 0.167. The number of hydrogen-bond acceptors (Lipinski definition) is 5. The molecular formula is C24H22Cl2N2O4. The lowest BCUT2D eigenvalue weighted by atomic mass is 10.2. The third-order valence-corrected chi connectivity index (χ3v) is 4.88. The minimum Gasteiger partial charge on any atom is -0.493 e. The van der Waals surface area contributed by atoms with Gasteiger partial charge in [-0.1, -0.05) is 35.3 Å². The van der Waals surface area contributed by atoms with Gasteiger partial charge in [0.2, 0.25) is 0 Å². The lowest BCUT2D eigenvalue weighted by Crippen LogP contribution is -2.33. The SMILES string of the molecule is COc1cc(C=NNC(=O)C(C)Oc2ccc(Cl)cc2)ccc1OCc1ccc(Cl)cc1. The Morgan fingerprint density at radius 1 is 1.00 bits per heavy atom. The molecule has 0 aliphatic rings. The topological polar surface area (TPSA) is 69.2 Å². The monoisotopic (exact) mass is 472 g/mol. The molecule has 0 saturated carbocycles. The number of benzene rings is 3. The van der Waals surface area contributed by atoms with E-state index in [2.05, 4.69) is 10.5 Å². The molecule has 1 N–H and O–H groups in total. The maximum atomic E-state index is 12.2. The van der Waals surface area contributed by atoms with Gasteiger partial charge in [-0.3, -0.25) is 4.79 Å². The van der Waals surface area contributed by atoms with Crippen LogP contribution in [0.3, 0.4) is 0 Å². The summed E-state index contributed by atoms with van der Waals surface area (Å²) < 4.78 is 16.8. The summed E-state index contributed by atoms with van der Waals surface area (Å²) in [7, 11) is 1.56. The van der Waals surface area contributed by atoms with Crippen LogP contribution in [0.4, 0.5) is 0 Å². The smallest absolute Gasteiger partial charge is 0.280 e. The molecule has 0 radical (unpaired) electrons. The molecule has 3 aromatic carbocycles. The fourth-order valence-electron chi connectivity index (χ4n) is 2.66. The Hall–Kier alpha value is -3.22. The van der Waals surface area contributed by atoms with Crippen molar-refractivity contribution in [3.63, 3.8) is 0 Å². The molecule has 6 nitrogen and oxygen atoms in total. The first-order chi connectivity index (χ1) is 15.4. The van der Waals surface area contributed by atoms with E-state index >= 15 is 0 Å². The maximum Gasteiger partial charge on any atom is 0.280 e. The van der Waals surface area contributed by atoms with Gasteiger partial charge < -0.3 is 14.2 Å². The number of carbonyl (C=O) groups is 1. The Morgan fingerprint density at radius 2 is 1.66 bits per heavy atom. The molecule has 0 aliphatic carbocycles. The lowest BCUT2D eigenvalue weighted by Gasteiger charge is -2.13. The third-order valence-electron chi connectivity index (χ3n) is 4.38. The summed E-state index contributed by atoms with van der Waals surface area (Å²) in [6.07, 6.45) is 0.782. The molecule has 0 aliphatic heterocycles. The molecule has 3 rings (SSSR count). The van der Waals surface area contributed by atoms with Gasteiger partial charge in [-0.15, -0.1) is 0 Å². The van der Waals surface area contributed by atoms with Gasteiger partial charge in [-0.2, -0.15) is 5.10 Å². The number of ether oxygens (including phenoxy) is 3. The van der Waals surface area contributed by atoms with Crippen LogP contribution >= 0.6 is 23.2 Å². The number of nitrogens with one attached hydrogen (secondary N) is 1. The van der Waals surface area contributed by atoms with Gasteiger partial charge in [0.15, 0.2) is 17.6 Å². The summed E-state index contributed by atoms with van der Waals surface area (Å²) in [5, 5.41) is 5.26. The van der Waals surface area contributed by atoms with Crippen molar-refractivity contribution in [1.29, 1.82) is 0 Å². The molecule has 1 amide bonds. The summed E-state index contributed by atoms with van der Waals surface area (Å²) in [6.45, 7) is 2.01. The van der Waals surface area contributed by atoms with Crippen molar-refractivity contribution >= 4 is 35.3 Å². The maximum absolute atomic E-state index is 12.2. The van der Waals surface area contributed by atoms with Crippen LogP contribution in [-0.4, -0.2) is 25.3 Å². The number of hydrazone groups is 1. The van der Waals surface area contributed by atoms with Crippen LogP contribution in [0.25, 0.3) is 0 Å². The van der Waals surface area contributed by atoms with Gasteiger partial charge >= 0.3 is 0 Å². The van der Waals surface area contributed by atoms with E-state index in [4.69, 9.17) is 37.4 Å². The summed E-state index contributed by atoms with van der Waals surface area (Å²) in [5.41, 5.74) is 4.18. The Morgan fingerprint density at radius 3 is 2.31 bits per heavy atom. The van der Waals surface area contributed by atoms with Crippen LogP contribution in [0.15, 0.2) is 71.8 Å². The standard InChI is InChI=1S/C24H22Cl2N2O4/c1-16(32-21-10-8-20(26)9-11-21)24(29)28-27-14-18-5-12-22(23(13-18)30-2)31-15-17-3-6-19(25)7-4-17/h3-14,16H,15H2,1-2H3,(H,28,29). The van der Waals surface area contributed by atoms with E-state index in [9.17, 15) is 4.79 Å². The van der Waals surface area contributed by atoms with E-state index < -0.39 is 6.10 Å². The van der Waals surface area contributed by atoms with Crippen LogP contribution in [0.1, 0.15) is 18.1 Å². The van der Waals surface area contributed by atoms with Crippen molar-refractivity contribution in [2.75, 3.05) is 7.11 Å². The molecule has 0 bridgehead atoms. The van der Waals surface area contributed by atoms with Crippen molar-refractivity contribution in [3.05, 3.63) is 87.9 Å².